The van der Waals surface area contributed by atoms with Crippen LogP contribution in [0.4, 0.5) is 0 Å². The molecule has 3 heteroatoms. The third-order valence-electron chi connectivity index (χ3n) is 3.98. The molecule has 2 rings (SSSR count). The molecule has 1 fully saturated rings. The van der Waals surface area contributed by atoms with Crippen LogP contribution in [-0.4, -0.2) is 23.7 Å². The van der Waals surface area contributed by atoms with Gasteiger partial charge in [-0.3, -0.25) is 4.79 Å². The molecule has 1 amide bonds. The smallest absolute Gasteiger partial charge is 0.244 e. The maximum atomic E-state index is 11.9. The molecule has 1 saturated carbocycles. The fraction of sp³-hybridized carbons (Fsp3) is 0.471. The average molecular weight is 273 g/mol. The van der Waals surface area contributed by atoms with E-state index < -0.39 is 0 Å². The van der Waals surface area contributed by atoms with Crippen LogP contribution >= 0.6 is 0 Å². The molecule has 108 valence electrons. The Balaban J connectivity index is 1.89. The van der Waals surface area contributed by atoms with Crippen molar-refractivity contribution in [2.24, 2.45) is 5.92 Å². The second kappa shape index (κ2) is 7.25. The predicted octanol–water partition coefficient (Wildman–Crippen LogP) is 2.68. The summed E-state index contributed by atoms with van der Waals surface area (Å²) in [5.41, 5.74) is 2.23. The van der Waals surface area contributed by atoms with E-state index in [4.69, 9.17) is 0 Å². The van der Waals surface area contributed by atoms with Crippen molar-refractivity contribution in [3.8, 4) is 0 Å². The van der Waals surface area contributed by atoms with Gasteiger partial charge in [-0.15, -0.1) is 0 Å². The normalized spacial score (nSPS) is 22.9. The van der Waals surface area contributed by atoms with Gasteiger partial charge < -0.3 is 10.4 Å². The summed E-state index contributed by atoms with van der Waals surface area (Å²) < 4.78 is 0. The van der Waals surface area contributed by atoms with E-state index >= 15 is 0 Å². The highest BCUT2D eigenvalue weighted by Gasteiger charge is 2.25. The van der Waals surface area contributed by atoms with Crippen LogP contribution in [0.2, 0.25) is 0 Å². The number of hydrogen-bond acceptors (Lipinski definition) is 2. The Morgan fingerprint density at radius 2 is 2.00 bits per heavy atom. The topological polar surface area (TPSA) is 49.3 Å². The predicted molar refractivity (Wildman–Crippen MR) is 81.2 cm³/mol. The lowest BCUT2D eigenvalue weighted by Crippen LogP contribution is -2.42. The number of aliphatic hydroxyl groups excluding tert-OH is 1. The van der Waals surface area contributed by atoms with Gasteiger partial charge in [-0.25, -0.2) is 0 Å². The molecule has 20 heavy (non-hydrogen) atoms. The van der Waals surface area contributed by atoms with Crippen molar-refractivity contribution in [1.29, 1.82) is 0 Å². The summed E-state index contributed by atoms with van der Waals surface area (Å²) in [5.74, 6) is 0.136. The molecule has 2 atom stereocenters. The van der Waals surface area contributed by atoms with Gasteiger partial charge in [0.1, 0.15) is 0 Å². The number of hydrogen-bond donors (Lipinski definition) is 2. The highest BCUT2D eigenvalue weighted by atomic mass is 16.3. The van der Waals surface area contributed by atoms with Gasteiger partial charge in [0, 0.05) is 24.6 Å². The van der Waals surface area contributed by atoms with Crippen molar-refractivity contribution in [1.82, 2.24) is 5.32 Å². The van der Waals surface area contributed by atoms with E-state index in [2.05, 4.69) is 5.32 Å². The van der Waals surface area contributed by atoms with Gasteiger partial charge >= 0.3 is 0 Å². The summed E-state index contributed by atoms with van der Waals surface area (Å²) in [6, 6.07) is 8.16. The zero-order valence-electron chi connectivity index (χ0n) is 12.0. The van der Waals surface area contributed by atoms with Gasteiger partial charge in [0.2, 0.25) is 5.91 Å². The van der Waals surface area contributed by atoms with Crippen LogP contribution in [0.25, 0.3) is 6.08 Å². The third-order valence-corrected chi connectivity index (χ3v) is 3.98. The van der Waals surface area contributed by atoms with Crippen LogP contribution in [0.5, 0.6) is 0 Å². The van der Waals surface area contributed by atoms with Crippen molar-refractivity contribution < 1.29 is 9.90 Å². The Kier molecular flexibility index (Phi) is 5.36. The van der Waals surface area contributed by atoms with Crippen LogP contribution in [0, 0.1) is 12.8 Å². The van der Waals surface area contributed by atoms with Gasteiger partial charge in [-0.05, 0) is 31.4 Å². The van der Waals surface area contributed by atoms with Gasteiger partial charge in [0.05, 0.1) is 0 Å². The number of nitrogens with one attached hydrogen (secondary N) is 1. The first-order chi connectivity index (χ1) is 9.69. The molecule has 1 aromatic carbocycles. The second-order valence-electron chi connectivity index (χ2n) is 5.59. The summed E-state index contributed by atoms with van der Waals surface area (Å²) in [7, 11) is 0. The lowest BCUT2D eigenvalue weighted by atomic mass is 9.85. The Morgan fingerprint density at radius 3 is 2.70 bits per heavy atom. The zero-order chi connectivity index (χ0) is 14.4. The number of aliphatic hydroxyl groups is 1. The largest absolute Gasteiger partial charge is 0.396 e. The Hall–Kier alpha value is -1.61. The number of carbonyl (C=O) groups is 1. The summed E-state index contributed by atoms with van der Waals surface area (Å²) in [6.07, 6.45) is 7.65. The number of amides is 1. The standard InChI is InChI=1S/C17H23NO2/c1-13-6-8-14(9-7-13)10-11-17(20)18-16-5-3-2-4-15(16)12-19/h6-11,15-16,19H,2-5,12H2,1H3,(H,18,20)/b11-10+. The molecule has 0 aliphatic heterocycles. The van der Waals surface area contributed by atoms with E-state index in [1.165, 1.54) is 5.56 Å². The molecule has 0 bridgehead atoms. The minimum absolute atomic E-state index is 0.0732. The van der Waals surface area contributed by atoms with E-state index in [-0.39, 0.29) is 24.5 Å². The van der Waals surface area contributed by atoms with Gasteiger partial charge in [0.25, 0.3) is 0 Å². The molecule has 0 radical (unpaired) electrons. The highest BCUT2D eigenvalue weighted by Crippen LogP contribution is 2.23. The van der Waals surface area contributed by atoms with Gasteiger partial charge in [0.15, 0.2) is 0 Å². The van der Waals surface area contributed by atoms with E-state index in [0.717, 1.165) is 31.2 Å². The maximum absolute atomic E-state index is 11.9. The Labute approximate surface area is 120 Å². The molecule has 1 aromatic rings. The van der Waals surface area contributed by atoms with Crippen molar-refractivity contribution >= 4 is 12.0 Å². The zero-order valence-corrected chi connectivity index (χ0v) is 12.0. The van der Waals surface area contributed by atoms with Crippen molar-refractivity contribution in [3.63, 3.8) is 0 Å². The quantitative estimate of drug-likeness (QED) is 0.829. The molecular formula is C17H23NO2. The average Bonchev–Trinajstić information content (AvgIpc) is 2.47. The molecule has 0 heterocycles. The van der Waals surface area contributed by atoms with Gasteiger partial charge in [-0.1, -0.05) is 42.7 Å². The second-order valence-corrected chi connectivity index (χ2v) is 5.59. The summed E-state index contributed by atoms with van der Waals surface area (Å²) in [4.78, 5) is 11.9. The lowest BCUT2D eigenvalue weighted by Gasteiger charge is -2.30. The summed E-state index contributed by atoms with van der Waals surface area (Å²) in [5, 5.41) is 12.4. The Morgan fingerprint density at radius 1 is 1.30 bits per heavy atom. The van der Waals surface area contributed by atoms with E-state index in [1.54, 1.807) is 6.08 Å². The fourth-order valence-corrected chi connectivity index (χ4v) is 2.70. The van der Waals surface area contributed by atoms with Crippen molar-refractivity contribution in [2.75, 3.05) is 6.61 Å². The third kappa shape index (κ3) is 4.20. The molecule has 0 spiro atoms. The molecule has 0 aromatic heterocycles. The monoisotopic (exact) mass is 273 g/mol. The highest BCUT2D eigenvalue weighted by molar-refractivity contribution is 5.91. The van der Waals surface area contributed by atoms with Crippen molar-refractivity contribution in [3.05, 3.63) is 41.5 Å². The minimum Gasteiger partial charge on any atom is -0.396 e. The van der Waals surface area contributed by atoms with E-state index in [0.29, 0.717) is 0 Å². The molecule has 1 aliphatic rings. The summed E-state index contributed by atoms with van der Waals surface area (Å²) in [6.45, 7) is 2.20. The molecule has 2 unspecified atom stereocenters. The minimum atomic E-state index is -0.0732. The van der Waals surface area contributed by atoms with Crippen LogP contribution in [0.1, 0.15) is 36.8 Å². The Bertz CT molecular complexity index is 464. The number of carbonyl (C=O) groups excluding carboxylic acids is 1. The number of rotatable bonds is 4. The molecular weight excluding hydrogens is 250 g/mol. The maximum Gasteiger partial charge on any atom is 0.244 e. The van der Waals surface area contributed by atoms with Crippen LogP contribution < -0.4 is 5.32 Å². The first-order valence-corrected chi connectivity index (χ1v) is 7.35. The molecule has 3 nitrogen and oxygen atoms in total. The van der Waals surface area contributed by atoms with E-state index in [1.807, 2.05) is 37.3 Å². The number of aryl methyl sites for hydroxylation is 1. The first-order valence-electron chi connectivity index (χ1n) is 7.35. The lowest BCUT2D eigenvalue weighted by molar-refractivity contribution is -0.117. The van der Waals surface area contributed by atoms with E-state index in [9.17, 15) is 9.90 Å². The van der Waals surface area contributed by atoms with Crippen LogP contribution in [0.3, 0.4) is 0 Å². The van der Waals surface area contributed by atoms with Crippen LogP contribution in [0.15, 0.2) is 30.3 Å². The summed E-state index contributed by atoms with van der Waals surface area (Å²) >= 11 is 0. The fourth-order valence-electron chi connectivity index (χ4n) is 2.70. The molecule has 2 N–H and O–H groups in total. The van der Waals surface area contributed by atoms with Gasteiger partial charge in [-0.2, -0.15) is 0 Å². The van der Waals surface area contributed by atoms with Crippen LogP contribution in [-0.2, 0) is 4.79 Å². The number of benzene rings is 1. The SMILES string of the molecule is Cc1ccc(/C=C/C(=O)NC2CCCCC2CO)cc1. The molecule has 1 aliphatic carbocycles. The van der Waals surface area contributed by atoms with Crippen molar-refractivity contribution in [2.45, 2.75) is 38.6 Å². The first kappa shape index (κ1) is 14.8. The molecule has 0 saturated heterocycles.